The molecule has 0 saturated carbocycles. The second-order valence-electron chi connectivity index (χ2n) is 4.92. The largest absolute Gasteiger partial charge is 0.573 e. The zero-order chi connectivity index (χ0) is 16.0. The number of rotatable bonds is 5. The lowest BCUT2D eigenvalue weighted by Gasteiger charge is -2.27. The lowest BCUT2D eigenvalue weighted by atomic mass is 10.2. The van der Waals surface area contributed by atoms with Gasteiger partial charge in [0.15, 0.2) is 0 Å². The topological polar surface area (TPSA) is 53.6 Å². The fourth-order valence-electron chi connectivity index (χ4n) is 2.20. The maximum absolute atomic E-state index is 12.1. The minimum atomic E-state index is -4.77. The maximum Gasteiger partial charge on any atom is 0.573 e. The third kappa shape index (κ3) is 7.06. The summed E-state index contributed by atoms with van der Waals surface area (Å²) in [4.78, 5) is 14.1. The van der Waals surface area contributed by atoms with Crippen molar-refractivity contribution in [1.29, 1.82) is 0 Å². The molecule has 0 unspecified atom stereocenters. The summed E-state index contributed by atoms with van der Waals surface area (Å²) in [6.45, 7) is 4.85. The summed E-state index contributed by atoms with van der Waals surface area (Å²) in [6.07, 6.45) is -4.77. The van der Waals surface area contributed by atoms with E-state index in [2.05, 4.69) is 20.3 Å². The summed E-state index contributed by atoms with van der Waals surface area (Å²) in [5, 5.41) is 5.93. The van der Waals surface area contributed by atoms with Crippen molar-refractivity contribution in [3.63, 3.8) is 0 Å². The lowest BCUT2D eigenvalue weighted by Crippen LogP contribution is -2.46. The first-order valence-corrected chi connectivity index (χ1v) is 7.01. The fraction of sp³-hybridized carbons (Fsp3) is 0.500. The van der Waals surface area contributed by atoms with Crippen molar-refractivity contribution in [2.75, 3.05) is 39.3 Å². The molecule has 1 saturated heterocycles. The summed E-state index contributed by atoms with van der Waals surface area (Å²) in [7, 11) is 0. The van der Waals surface area contributed by atoms with E-state index in [1.54, 1.807) is 0 Å². The second kappa shape index (κ2) is 8.95. The van der Waals surface area contributed by atoms with Gasteiger partial charge < -0.3 is 15.4 Å². The van der Waals surface area contributed by atoms with Crippen molar-refractivity contribution >= 4 is 18.3 Å². The van der Waals surface area contributed by atoms with Gasteiger partial charge in [-0.25, -0.2) is 0 Å². The number of alkyl halides is 3. The van der Waals surface area contributed by atoms with Gasteiger partial charge in [0, 0.05) is 44.8 Å². The summed E-state index contributed by atoms with van der Waals surface area (Å²) >= 11 is 0. The van der Waals surface area contributed by atoms with Crippen molar-refractivity contribution < 1.29 is 22.7 Å². The molecular weight excluding hydrogens is 335 g/mol. The number of hydrogen-bond donors (Lipinski definition) is 2. The van der Waals surface area contributed by atoms with E-state index >= 15 is 0 Å². The van der Waals surface area contributed by atoms with Crippen molar-refractivity contribution in [2.24, 2.45) is 0 Å². The number of halogens is 4. The van der Waals surface area contributed by atoms with Gasteiger partial charge >= 0.3 is 6.36 Å². The Kier molecular flexibility index (Phi) is 7.60. The van der Waals surface area contributed by atoms with E-state index in [9.17, 15) is 18.0 Å². The van der Waals surface area contributed by atoms with Gasteiger partial charge in [-0.1, -0.05) is 6.07 Å². The Labute approximate surface area is 138 Å². The monoisotopic (exact) mass is 353 g/mol. The molecule has 23 heavy (non-hydrogen) atoms. The Morgan fingerprint density at radius 2 is 2.00 bits per heavy atom. The zero-order valence-corrected chi connectivity index (χ0v) is 13.2. The number of nitrogens with one attached hydrogen (secondary N) is 2. The van der Waals surface area contributed by atoms with Crippen LogP contribution in [0.15, 0.2) is 24.3 Å². The van der Waals surface area contributed by atoms with Crippen LogP contribution in [0.2, 0.25) is 0 Å². The standard InChI is InChI=1S/C14H18F3N3O2.ClH/c15-14(16,17)22-12-3-1-2-11(10-12)13(21)19-6-9-20-7-4-18-5-8-20;/h1-3,10,18H,4-9H2,(H,19,21);1H. The Bertz CT molecular complexity index is 508. The van der Waals surface area contributed by atoms with E-state index in [-0.39, 0.29) is 18.0 Å². The normalized spacial score (nSPS) is 15.6. The SMILES string of the molecule is Cl.O=C(NCCN1CCNCC1)c1cccc(OC(F)(F)F)c1. The lowest BCUT2D eigenvalue weighted by molar-refractivity contribution is -0.274. The van der Waals surface area contributed by atoms with E-state index < -0.39 is 18.0 Å². The number of ether oxygens (including phenoxy) is 1. The number of piperazine rings is 1. The van der Waals surface area contributed by atoms with Gasteiger partial charge in [-0.3, -0.25) is 9.69 Å². The molecule has 2 rings (SSSR count). The molecule has 1 aliphatic rings. The average molecular weight is 354 g/mol. The molecule has 0 aliphatic carbocycles. The van der Waals surface area contributed by atoms with Crippen LogP contribution in [0.25, 0.3) is 0 Å². The minimum absolute atomic E-state index is 0. The molecule has 0 spiro atoms. The molecule has 1 amide bonds. The molecule has 1 heterocycles. The van der Waals surface area contributed by atoms with E-state index in [0.29, 0.717) is 13.1 Å². The molecule has 2 N–H and O–H groups in total. The van der Waals surface area contributed by atoms with Crippen molar-refractivity contribution in [3.05, 3.63) is 29.8 Å². The number of hydrogen-bond acceptors (Lipinski definition) is 4. The minimum Gasteiger partial charge on any atom is -0.406 e. The molecule has 1 aromatic carbocycles. The summed E-state index contributed by atoms with van der Waals surface area (Å²) in [6, 6.07) is 5.04. The Hall–Kier alpha value is -1.51. The number of benzene rings is 1. The van der Waals surface area contributed by atoms with E-state index in [1.165, 1.54) is 12.1 Å². The molecule has 0 radical (unpaired) electrons. The van der Waals surface area contributed by atoms with Crippen molar-refractivity contribution in [1.82, 2.24) is 15.5 Å². The maximum atomic E-state index is 12.1. The first-order valence-electron chi connectivity index (χ1n) is 7.01. The summed E-state index contributed by atoms with van der Waals surface area (Å²) < 4.78 is 40.2. The van der Waals surface area contributed by atoms with Gasteiger partial charge in [0.1, 0.15) is 5.75 Å². The highest BCUT2D eigenvalue weighted by atomic mass is 35.5. The van der Waals surface area contributed by atoms with Gasteiger partial charge in [0.25, 0.3) is 5.91 Å². The molecule has 1 aromatic rings. The van der Waals surface area contributed by atoms with Crippen LogP contribution in [0, 0.1) is 0 Å². The van der Waals surface area contributed by atoms with Crippen LogP contribution in [0.3, 0.4) is 0 Å². The van der Waals surface area contributed by atoms with Crippen LogP contribution in [0.4, 0.5) is 13.2 Å². The third-order valence-corrected chi connectivity index (χ3v) is 3.25. The van der Waals surface area contributed by atoms with Crippen LogP contribution in [0.1, 0.15) is 10.4 Å². The van der Waals surface area contributed by atoms with Crippen molar-refractivity contribution in [3.8, 4) is 5.75 Å². The highest BCUT2D eigenvalue weighted by Crippen LogP contribution is 2.23. The molecule has 1 aliphatic heterocycles. The first-order chi connectivity index (χ1) is 10.4. The van der Waals surface area contributed by atoms with Crippen LogP contribution < -0.4 is 15.4 Å². The zero-order valence-electron chi connectivity index (χ0n) is 12.4. The molecule has 0 aromatic heterocycles. The number of carbonyl (C=O) groups is 1. The van der Waals surface area contributed by atoms with Gasteiger partial charge in [0.05, 0.1) is 0 Å². The molecular formula is C14H19ClF3N3O2. The van der Waals surface area contributed by atoms with E-state index in [4.69, 9.17) is 0 Å². The summed E-state index contributed by atoms with van der Waals surface area (Å²) in [5.74, 6) is -0.815. The Morgan fingerprint density at radius 1 is 1.30 bits per heavy atom. The molecule has 0 bridgehead atoms. The molecule has 9 heteroatoms. The van der Waals surface area contributed by atoms with Gasteiger partial charge in [0.2, 0.25) is 0 Å². The van der Waals surface area contributed by atoms with Crippen LogP contribution in [-0.4, -0.2) is 56.4 Å². The van der Waals surface area contributed by atoms with Gasteiger partial charge in [-0.15, -0.1) is 25.6 Å². The first kappa shape index (κ1) is 19.5. The van der Waals surface area contributed by atoms with Gasteiger partial charge in [-0.2, -0.15) is 0 Å². The Morgan fingerprint density at radius 3 is 2.65 bits per heavy atom. The highest BCUT2D eigenvalue weighted by Gasteiger charge is 2.31. The van der Waals surface area contributed by atoms with E-state index in [0.717, 1.165) is 38.3 Å². The molecule has 1 fully saturated rings. The molecule has 5 nitrogen and oxygen atoms in total. The van der Waals surface area contributed by atoms with Crippen LogP contribution >= 0.6 is 12.4 Å². The molecule has 0 atom stereocenters. The average Bonchev–Trinajstić information content (AvgIpc) is 2.47. The second-order valence-corrected chi connectivity index (χ2v) is 4.92. The number of nitrogens with zero attached hydrogens (tertiary/aromatic N) is 1. The Balaban J connectivity index is 0.00000264. The number of amides is 1. The highest BCUT2D eigenvalue weighted by molar-refractivity contribution is 5.94. The molecule has 130 valence electrons. The van der Waals surface area contributed by atoms with E-state index in [1.807, 2.05) is 0 Å². The third-order valence-electron chi connectivity index (χ3n) is 3.25. The fourth-order valence-corrected chi connectivity index (χ4v) is 2.20. The van der Waals surface area contributed by atoms with Gasteiger partial charge in [-0.05, 0) is 18.2 Å². The van der Waals surface area contributed by atoms with Crippen molar-refractivity contribution in [2.45, 2.75) is 6.36 Å². The predicted molar refractivity (Wildman–Crippen MR) is 82.0 cm³/mol. The van der Waals surface area contributed by atoms with Crippen LogP contribution in [-0.2, 0) is 0 Å². The predicted octanol–water partition coefficient (Wildman–Crippen LogP) is 1.64. The number of carbonyl (C=O) groups excluding carboxylic acids is 1. The summed E-state index contributed by atoms with van der Waals surface area (Å²) in [5.41, 5.74) is 0.141. The quantitative estimate of drug-likeness (QED) is 0.845. The van der Waals surface area contributed by atoms with Crippen LogP contribution in [0.5, 0.6) is 5.75 Å². The smallest absolute Gasteiger partial charge is 0.406 e.